The Morgan fingerprint density at radius 3 is 2.06 bits per heavy atom. The summed E-state index contributed by atoms with van der Waals surface area (Å²) in [5, 5.41) is 0. The number of unbranched alkanes of at least 4 members (excludes halogenated alkanes) is 5. The summed E-state index contributed by atoms with van der Waals surface area (Å²) < 4.78 is 52.7. The molecule has 0 radical (unpaired) electrons. The first-order valence-corrected chi connectivity index (χ1v) is 6.24. The van der Waals surface area contributed by atoms with Gasteiger partial charge in [0.2, 0.25) is 0 Å². The van der Waals surface area contributed by atoms with Crippen molar-refractivity contribution >= 4 is 0 Å². The SMILES string of the molecule is CCCCCCCCC(C)OC(F)(F)C(F)F. The van der Waals surface area contributed by atoms with Gasteiger partial charge in [-0.05, 0) is 13.3 Å². The summed E-state index contributed by atoms with van der Waals surface area (Å²) in [5.41, 5.74) is 0. The van der Waals surface area contributed by atoms with E-state index in [1.54, 1.807) is 0 Å². The van der Waals surface area contributed by atoms with E-state index >= 15 is 0 Å². The summed E-state index contributed by atoms with van der Waals surface area (Å²) in [6, 6.07) is 0. The number of alkyl halides is 4. The van der Waals surface area contributed by atoms with Crippen molar-refractivity contribution in [3.63, 3.8) is 0 Å². The van der Waals surface area contributed by atoms with Crippen molar-refractivity contribution in [2.75, 3.05) is 0 Å². The van der Waals surface area contributed by atoms with E-state index in [0.29, 0.717) is 6.42 Å². The molecule has 0 saturated heterocycles. The zero-order valence-corrected chi connectivity index (χ0v) is 10.5. The van der Waals surface area contributed by atoms with Crippen LogP contribution in [0.15, 0.2) is 0 Å². The first-order valence-electron chi connectivity index (χ1n) is 6.24. The molecule has 0 heterocycles. The van der Waals surface area contributed by atoms with Crippen LogP contribution in [0.4, 0.5) is 17.6 Å². The van der Waals surface area contributed by atoms with Crippen LogP contribution >= 0.6 is 0 Å². The summed E-state index contributed by atoms with van der Waals surface area (Å²) in [6.07, 6.45) is -2.30. The van der Waals surface area contributed by atoms with Crippen LogP contribution < -0.4 is 0 Å². The van der Waals surface area contributed by atoms with Crippen LogP contribution in [0.5, 0.6) is 0 Å². The van der Waals surface area contributed by atoms with Gasteiger partial charge in [-0.25, -0.2) is 8.78 Å². The molecule has 0 N–H and O–H groups in total. The molecule has 104 valence electrons. The Labute approximate surface area is 101 Å². The number of ether oxygens (including phenoxy) is 1. The number of hydrogen-bond acceptors (Lipinski definition) is 1. The minimum Gasteiger partial charge on any atom is -0.313 e. The second-order valence-corrected chi connectivity index (χ2v) is 4.35. The minimum atomic E-state index is -4.32. The van der Waals surface area contributed by atoms with E-state index in [0.717, 1.165) is 32.1 Å². The summed E-state index contributed by atoms with van der Waals surface area (Å²) >= 11 is 0. The van der Waals surface area contributed by atoms with Gasteiger partial charge < -0.3 is 4.74 Å². The molecule has 0 aliphatic heterocycles. The lowest BCUT2D eigenvalue weighted by Gasteiger charge is -2.20. The van der Waals surface area contributed by atoms with Gasteiger partial charge in [0, 0.05) is 0 Å². The lowest BCUT2D eigenvalue weighted by Crippen LogP contribution is -2.33. The maximum atomic E-state index is 12.5. The van der Waals surface area contributed by atoms with E-state index in [2.05, 4.69) is 11.7 Å². The van der Waals surface area contributed by atoms with E-state index in [-0.39, 0.29) is 0 Å². The maximum Gasteiger partial charge on any atom is 0.416 e. The Hall–Kier alpha value is -0.320. The Kier molecular flexibility index (Phi) is 8.56. The summed E-state index contributed by atoms with van der Waals surface area (Å²) in [5.74, 6) is 0. The van der Waals surface area contributed by atoms with Gasteiger partial charge in [-0.1, -0.05) is 45.4 Å². The molecule has 17 heavy (non-hydrogen) atoms. The number of hydrogen-bond donors (Lipinski definition) is 0. The molecule has 1 nitrogen and oxygen atoms in total. The van der Waals surface area contributed by atoms with Gasteiger partial charge in [0.25, 0.3) is 0 Å². The van der Waals surface area contributed by atoms with Crippen LogP contribution in [-0.2, 0) is 4.74 Å². The van der Waals surface area contributed by atoms with Crippen LogP contribution in [0.1, 0.15) is 58.8 Å². The first kappa shape index (κ1) is 16.7. The second kappa shape index (κ2) is 8.72. The van der Waals surface area contributed by atoms with Crippen molar-refractivity contribution < 1.29 is 22.3 Å². The van der Waals surface area contributed by atoms with Gasteiger partial charge in [0.05, 0.1) is 6.10 Å². The summed E-state index contributed by atoms with van der Waals surface area (Å²) in [6.45, 7) is 3.52. The molecule has 0 aromatic heterocycles. The molecule has 0 aromatic carbocycles. The van der Waals surface area contributed by atoms with Crippen molar-refractivity contribution in [1.82, 2.24) is 0 Å². The highest BCUT2D eigenvalue weighted by atomic mass is 19.3. The van der Waals surface area contributed by atoms with Crippen LogP contribution in [0, 0.1) is 0 Å². The molecular formula is C12H22F4O. The van der Waals surface area contributed by atoms with E-state index < -0.39 is 18.6 Å². The summed E-state index contributed by atoms with van der Waals surface area (Å²) in [7, 11) is 0. The van der Waals surface area contributed by atoms with Gasteiger partial charge in [-0.2, -0.15) is 8.78 Å². The molecule has 5 heteroatoms. The molecule has 1 atom stereocenters. The van der Waals surface area contributed by atoms with Gasteiger partial charge in [-0.3, -0.25) is 0 Å². The molecule has 0 saturated carbocycles. The number of rotatable bonds is 10. The monoisotopic (exact) mass is 258 g/mol. The zero-order chi connectivity index (χ0) is 13.3. The van der Waals surface area contributed by atoms with Crippen molar-refractivity contribution in [2.24, 2.45) is 0 Å². The molecule has 1 unspecified atom stereocenters. The second-order valence-electron chi connectivity index (χ2n) is 4.35. The molecule has 0 fully saturated rings. The fraction of sp³-hybridized carbons (Fsp3) is 1.00. The number of halogens is 4. The molecule has 0 spiro atoms. The predicted molar refractivity (Wildman–Crippen MR) is 59.5 cm³/mol. The molecule has 0 aliphatic carbocycles. The van der Waals surface area contributed by atoms with Gasteiger partial charge in [0.15, 0.2) is 0 Å². The molecular weight excluding hydrogens is 236 g/mol. The third-order valence-electron chi connectivity index (χ3n) is 2.58. The molecule has 0 amide bonds. The highest BCUT2D eigenvalue weighted by Crippen LogP contribution is 2.27. The Morgan fingerprint density at radius 2 is 1.53 bits per heavy atom. The Balaban J connectivity index is 3.56. The van der Waals surface area contributed by atoms with Gasteiger partial charge in [-0.15, -0.1) is 0 Å². The third kappa shape index (κ3) is 8.41. The van der Waals surface area contributed by atoms with Gasteiger partial charge >= 0.3 is 12.5 Å². The predicted octanol–water partition coefficient (Wildman–Crippen LogP) is 5.00. The zero-order valence-electron chi connectivity index (χ0n) is 10.5. The van der Waals surface area contributed by atoms with Crippen LogP contribution in [-0.4, -0.2) is 18.6 Å². The van der Waals surface area contributed by atoms with Crippen molar-refractivity contribution in [3.05, 3.63) is 0 Å². The third-order valence-corrected chi connectivity index (χ3v) is 2.58. The van der Waals surface area contributed by atoms with E-state index in [9.17, 15) is 17.6 Å². The average Bonchev–Trinajstić information content (AvgIpc) is 2.22. The van der Waals surface area contributed by atoms with Crippen molar-refractivity contribution in [2.45, 2.75) is 77.4 Å². The topological polar surface area (TPSA) is 9.23 Å². The smallest absolute Gasteiger partial charge is 0.313 e. The first-order chi connectivity index (χ1) is 7.90. The average molecular weight is 258 g/mol. The lowest BCUT2D eigenvalue weighted by atomic mass is 10.1. The lowest BCUT2D eigenvalue weighted by molar-refractivity contribution is -0.316. The Bertz CT molecular complexity index is 185. The van der Waals surface area contributed by atoms with Crippen molar-refractivity contribution in [1.29, 1.82) is 0 Å². The standard InChI is InChI=1S/C12H22F4O/c1-3-4-5-6-7-8-9-10(2)17-12(15,16)11(13)14/h10-11H,3-9H2,1-2H3. The molecule has 0 aromatic rings. The highest BCUT2D eigenvalue weighted by Gasteiger charge is 2.43. The molecule has 0 bridgehead atoms. The quantitative estimate of drug-likeness (QED) is 0.396. The Morgan fingerprint density at radius 1 is 1.00 bits per heavy atom. The van der Waals surface area contributed by atoms with Crippen LogP contribution in [0.3, 0.4) is 0 Å². The van der Waals surface area contributed by atoms with Crippen LogP contribution in [0.2, 0.25) is 0 Å². The normalized spacial score (nSPS) is 14.3. The molecule has 0 aliphatic rings. The van der Waals surface area contributed by atoms with Crippen molar-refractivity contribution in [3.8, 4) is 0 Å². The van der Waals surface area contributed by atoms with Crippen LogP contribution in [0.25, 0.3) is 0 Å². The highest BCUT2D eigenvalue weighted by molar-refractivity contribution is 4.60. The molecule has 0 rings (SSSR count). The largest absolute Gasteiger partial charge is 0.416 e. The van der Waals surface area contributed by atoms with E-state index in [4.69, 9.17) is 0 Å². The van der Waals surface area contributed by atoms with E-state index in [1.165, 1.54) is 13.3 Å². The van der Waals surface area contributed by atoms with E-state index in [1.807, 2.05) is 0 Å². The maximum absolute atomic E-state index is 12.5. The van der Waals surface area contributed by atoms with Gasteiger partial charge in [0.1, 0.15) is 0 Å². The fourth-order valence-corrected chi connectivity index (χ4v) is 1.59. The minimum absolute atomic E-state index is 0.397. The fourth-order valence-electron chi connectivity index (χ4n) is 1.59. The summed E-state index contributed by atoms with van der Waals surface area (Å²) in [4.78, 5) is 0.